The van der Waals surface area contributed by atoms with E-state index < -0.39 is 40.0 Å². The largest absolute Gasteiger partial charge is 0.480 e. The number of carbonyl (C=O) groups is 2. The Bertz CT molecular complexity index is 528. The van der Waals surface area contributed by atoms with Gasteiger partial charge in [0.15, 0.2) is 9.84 Å². The lowest BCUT2D eigenvalue weighted by atomic mass is 10.2. The third-order valence-corrected chi connectivity index (χ3v) is 4.46. The van der Waals surface area contributed by atoms with Gasteiger partial charge in [0.1, 0.15) is 6.04 Å². The summed E-state index contributed by atoms with van der Waals surface area (Å²) in [5.74, 6) is -1.42. The molecular formula is C10H14N2O6S. The van der Waals surface area contributed by atoms with Gasteiger partial charge in [0.25, 0.3) is 0 Å². The molecule has 1 fully saturated rings. The highest BCUT2D eigenvalue weighted by Crippen LogP contribution is 2.19. The summed E-state index contributed by atoms with van der Waals surface area (Å²) in [5, 5.41) is 21.8. The molecule has 0 aromatic rings. The van der Waals surface area contributed by atoms with E-state index in [0.29, 0.717) is 0 Å². The summed E-state index contributed by atoms with van der Waals surface area (Å²) < 4.78 is 22.4. The number of hydrogen-bond donors (Lipinski definition) is 3. The van der Waals surface area contributed by atoms with Gasteiger partial charge in [-0.05, 0) is 6.08 Å². The van der Waals surface area contributed by atoms with Crippen LogP contribution in [-0.2, 0) is 14.6 Å². The quantitative estimate of drug-likeness (QED) is 0.570. The molecule has 0 saturated carbocycles. The molecular weight excluding hydrogens is 276 g/mol. The van der Waals surface area contributed by atoms with Gasteiger partial charge in [-0.25, -0.2) is 18.0 Å². The number of carboxylic acid groups (broad SMARTS) is 1. The fraction of sp³-hybridized carbons (Fsp3) is 0.600. The Morgan fingerprint density at radius 1 is 1.37 bits per heavy atom. The summed E-state index contributed by atoms with van der Waals surface area (Å²) >= 11 is 0. The Hall–Kier alpha value is -1.61. The average molecular weight is 290 g/mol. The van der Waals surface area contributed by atoms with Crippen molar-refractivity contribution in [1.29, 1.82) is 0 Å². The Balaban J connectivity index is 2.00. The number of carboxylic acids is 1. The number of nitrogens with zero attached hydrogens (tertiary/aromatic N) is 1. The SMILES string of the molecule is O=C(O)C1CC(O)CN1C(=O)NC1C=CS(=O)(=O)C1. The predicted molar refractivity (Wildman–Crippen MR) is 64.0 cm³/mol. The van der Waals surface area contributed by atoms with Crippen LogP contribution < -0.4 is 5.32 Å². The van der Waals surface area contributed by atoms with E-state index in [2.05, 4.69) is 5.32 Å². The molecule has 0 aromatic carbocycles. The number of β-amino-alcohol motifs (C(OH)–C–C–N with tert-alkyl or cyclic N) is 1. The summed E-state index contributed by atoms with van der Waals surface area (Å²) in [7, 11) is -3.28. The van der Waals surface area contributed by atoms with Crippen molar-refractivity contribution in [3.05, 3.63) is 11.5 Å². The molecule has 0 aliphatic carbocycles. The summed E-state index contributed by atoms with van der Waals surface area (Å²) in [6.45, 7) is -0.0774. The molecule has 0 spiro atoms. The maximum atomic E-state index is 11.9. The second kappa shape index (κ2) is 4.82. The van der Waals surface area contributed by atoms with Crippen molar-refractivity contribution in [2.75, 3.05) is 12.3 Å². The van der Waals surface area contributed by atoms with Gasteiger partial charge in [-0.15, -0.1) is 0 Å². The summed E-state index contributed by atoms with van der Waals surface area (Å²) in [6.07, 6.45) is 0.437. The number of rotatable bonds is 2. The van der Waals surface area contributed by atoms with Gasteiger partial charge in [0, 0.05) is 18.4 Å². The van der Waals surface area contributed by atoms with Crippen molar-refractivity contribution < 1.29 is 28.2 Å². The van der Waals surface area contributed by atoms with Crippen LogP contribution in [0.5, 0.6) is 0 Å². The van der Waals surface area contributed by atoms with Gasteiger partial charge in [-0.1, -0.05) is 0 Å². The lowest BCUT2D eigenvalue weighted by Gasteiger charge is -2.23. The van der Waals surface area contributed by atoms with Crippen LogP contribution in [-0.4, -0.2) is 66.0 Å². The van der Waals surface area contributed by atoms with E-state index in [-0.39, 0.29) is 18.7 Å². The molecule has 2 aliphatic rings. The number of hydrogen-bond acceptors (Lipinski definition) is 5. The first-order valence-corrected chi connectivity index (χ1v) is 7.39. The summed E-state index contributed by atoms with van der Waals surface area (Å²) in [6, 6.07) is -2.43. The van der Waals surface area contributed by atoms with Gasteiger partial charge >= 0.3 is 12.0 Å². The van der Waals surface area contributed by atoms with E-state index in [4.69, 9.17) is 5.11 Å². The van der Waals surface area contributed by atoms with Crippen molar-refractivity contribution in [2.45, 2.75) is 24.6 Å². The molecule has 3 atom stereocenters. The van der Waals surface area contributed by atoms with Gasteiger partial charge < -0.3 is 20.4 Å². The number of aliphatic hydroxyl groups is 1. The Labute approximate surface area is 109 Å². The van der Waals surface area contributed by atoms with Crippen LogP contribution in [0.2, 0.25) is 0 Å². The lowest BCUT2D eigenvalue weighted by Crippen LogP contribution is -2.49. The molecule has 3 unspecified atom stereocenters. The van der Waals surface area contributed by atoms with E-state index in [0.717, 1.165) is 10.3 Å². The van der Waals surface area contributed by atoms with Gasteiger partial charge in [0.2, 0.25) is 0 Å². The molecule has 3 N–H and O–H groups in total. The van der Waals surface area contributed by atoms with Gasteiger partial charge in [0.05, 0.1) is 17.9 Å². The van der Waals surface area contributed by atoms with Crippen molar-refractivity contribution in [1.82, 2.24) is 10.2 Å². The summed E-state index contributed by atoms with van der Waals surface area (Å²) in [4.78, 5) is 23.8. The first-order chi connectivity index (χ1) is 8.78. The Kier molecular flexibility index (Phi) is 3.50. The van der Waals surface area contributed by atoms with Crippen molar-refractivity contribution >= 4 is 21.8 Å². The van der Waals surface area contributed by atoms with Crippen LogP contribution in [0.25, 0.3) is 0 Å². The second-order valence-electron chi connectivity index (χ2n) is 4.61. The maximum absolute atomic E-state index is 11.9. The van der Waals surface area contributed by atoms with Crippen molar-refractivity contribution in [3.63, 3.8) is 0 Å². The van der Waals surface area contributed by atoms with Crippen LogP contribution in [0.1, 0.15) is 6.42 Å². The molecule has 9 heteroatoms. The number of sulfone groups is 1. The van der Waals surface area contributed by atoms with Gasteiger partial charge in [-0.2, -0.15) is 0 Å². The lowest BCUT2D eigenvalue weighted by molar-refractivity contribution is -0.141. The monoisotopic (exact) mass is 290 g/mol. The fourth-order valence-electron chi connectivity index (χ4n) is 2.18. The standard InChI is InChI=1S/C10H14N2O6S/c13-7-3-8(9(14)15)12(4-7)10(16)11-6-1-2-19(17,18)5-6/h1-2,6-8,13H,3-5H2,(H,11,16)(H,14,15). The molecule has 0 radical (unpaired) electrons. The van der Waals surface area contributed by atoms with E-state index in [1.807, 2.05) is 0 Å². The molecule has 2 aliphatic heterocycles. The second-order valence-corrected chi connectivity index (χ2v) is 6.54. The first-order valence-electron chi connectivity index (χ1n) is 5.67. The van der Waals surface area contributed by atoms with E-state index >= 15 is 0 Å². The molecule has 19 heavy (non-hydrogen) atoms. The molecule has 0 aromatic heterocycles. The highest BCUT2D eigenvalue weighted by atomic mass is 32.2. The topological polar surface area (TPSA) is 124 Å². The minimum absolute atomic E-state index is 0.0262. The zero-order chi connectivity index (χ0) is 14.2. The fourth-order valence-corrected chi connectivity index (χ4v) is 3.41. The van der Waals surface area contributed by atoms with Crippen LogP contribution >= 0.6 is 0 Å². The van der Waals surface area contributed by atoms with E-state index in [1.165, 1.54) is 6.08 Å². The number of carbonyl (C=O) groups excluding carboxylic acids is 1. The van der Waals surface area contributed by atoms with Crippen LogP contribution in [0.3, 0.4) is 0 Å². The third-order valence-electron chi connectivity index (χ3n) is 3.06. The highest BCUT2D eigenvalue weighted by molar-refractivity contribution is 7.94. The zero-order valence-electron chi connectivity index (χ0n) is 9.89. The smallest absolute Gasteiger partial charge is 0.326 e. The minimum Gasteiger partial charge on any atom is -0.480 e. The van der Waals surface area contributed by atoms with E-state index in [9.17, 15) is 23.1 Å². The van der Waals surface area contributed by atoms with Crippen LogP contribution in [0.4, 0.5) is 4.79 Å². The molecule has 1 saturated heterocycles. The Morgan fingerprint density at radius 2 is 2.05 bits per heavy atom. The average Bonchev–Trinajstić information content (AvgIpc) is 2.82. The molecule has 8 nitrogen and oxygen atoms in total. The minimum atomic E-state index is -3.28. The third kappa shape index (κ3) is 3.04. The number of aliphatic carboxylic acids is 1. The first kappa shape index (κ1) is 13.8. The maximum Gasteiger partial charge on any atom is 0.326 e. The van der Waals surface area contributed by atoms with Crippen LogP contribution in [0, 0.1) is 0 Å². The number of urea groups is 1. The predicted octanol–water partition coefficient (Wildman–Crippen LogP) is -1.47. The molecule has 106 valence electrons. The highest BCUT2D eigenvalue weighted by Gasteiger charge is 2.39. The Morgan fingerprint density at radius 3 is 2.58 bits per heavy atom. The normalized spacial score (nSPS) is 32.5. The van der Waals surface area contributed by atoms with E-state index in [1.54, 1.807) is 0 Å². The number of likely N-dealkylation sites (tertiary alicyclic amines) is 1. The molecule has 0 bridgehead atoms. The summed E-state index contributed by atoms with van der Waals surface area (Å²) in [5.41, 5.74) is 0. The number of nitrogens with one attached hydrogen (secondary N) is 1. The molecule has 2 amide bonds. The molecule has 2 rings (SSSR count). The zero-order valence-corrected chi connectivity index (χ0v) is 10.7. The van der Waals surface area contributed by atoms with Crippen molar-refractivity contribution in [2.24, 2.45) is 0 Å². The van der Waals surface area contributed by atoms with Gasteiger partial charge in [-0.3, -0.25) is 0 Å². The van der Waals surface area contributed by atoms with Crippen molar-refractivity contribution in [3.8, 4) is 0 Å². The number of amides is 2. The van der Waals surface area contributed by atoms with Crippen LogP contribution in [0.15, 0.2) is 11.5 Å². The molecule has 2 heterocycles. The number of aliphatic hydroxyl groups excluding tert-OH is 1.